The number of hydrogen-bond acceptors (Lipinski definition) is 4. The molecule has 0 saturated heterocycles. The Balaban J connectivity index is 2.25. The molecule has 0 unspecified atom stereocenters. The number of amides is 1. The Hall–Kier alpha value is -2.28. The standard InChI is InChI=1S/C14H12FNO4S/c1-21-7-8-5-6-11(20-8)13(17)16-12-9(14(18)19)3-2-4-10(12)15/h2-6H,7H2,1H3,(H,16,17)(H,18,19). The Bertz CT molecular complexity index is 683. The second-order valence-corrected chi connectivity index (χ2v) is 4.99. The number of nitrogens with one attached hydrogen (secondary N) is 1. The third-order valence-electron chi connectivity index (χ3n) is 2.65. The van der Waals surface area contributed by atoms with Crippen LogP contribution in [0.1, 0.15) is 26.7 Å². The number of rotatable bonds is 5. The second-order valence-electron chi connectivity index (χ2n) is 4.12. The number of halogens is 1. The second kappa shape index (κ2) is 6.45. The summed E-state index contributed by atoms with van der Waals surface area (Å²) in [4.78, 5) is 23.0. The van der Waals surface area contributed by atoms with E-state index < -0.39 is 17.7 Å². The maximum atomic E-state index is 13.7. The summed E-state index contributed by atoms with van der Waals surface area (Å²) >= 11 is 1.53. The molecule has 0 atom stereocenters. The minimum atomic E-state index is -1.33. The van der Waals surface area contributed by atoms with Crippen LogP contribution in [0.5, 0.6) is 0 Å². The first-order valence-electron chi connectivity index (χ1n) is 5.93. The number of furan rings is 1. The van der Waals surface area contributed by atoms with Crippen molar-refractivity contribution in [2.24, 2.45) is 0 Å². The van der Waals surface area contributed by atoms with Crippen LogP contribution in [-0.2, 0) is 5.75 Å². The molecular weight excluding hydrogens is 297 g/mol. The summed E-state index contributed by atoms with van der Waals surface area (Å²) in [5.74, 6) is -1.63. The van der Waals surface area contributed by atoms with Crippen LogP contribution < -0.4 is 5.32 Å². The maximum absolute atomic E-state index is 13.7. The Morgan fingerprint density at radius 3 is 2.76 bits per heavy atom. The highest BCUT2D eigenvalue weighted by Gasteiger charge is 2.19. The summed E-state index contributed by atoms with van der Waals surface area (Å²) in [5.41, 5.74) is -0.697. The molecule has 1 aromatic carbocycles. The number of para-hydroxylation sites is 1. The minimum Gasteiger partial charge on any atom is -0.478 e. The van der Waals surface area contributed by atoms with Gasteiger partial charge < -0.3 is 14.8 Å². The molecule has 0 fully saturated rings. The molecule has 0 aliphatic rings. The monoisotopic (exact) mass is 309 g/mol. The van der Waals surface area contributed by atoms with E-state index in [1.807, 2.05) is 6.26 Å². The predicted molar refractivity (Wildman–Crippen MR) is 77.2 cm³/mol. The lowest BCUT2D eigenvalue weighted by Crippen LogP contribution is -2.15. The molecule has 0 spiro atoms. The minimum absolute atomic E-state index is 0.00126. The van der Waals surface area contributed by atoms with Crippen molar-refractivity contribution in [1.29, 1.82) is 0 Å². The van der Waals surface area contributed by atoms with Gasteiger partial charge in [0.05, 0.1) is 17.0 Å². The topological polar surface area (TPSA) is 79.5 Å². The van der Waals surface area contributed by atoms with Gasteiger partial charge in [-0.1, -0.05) is 6.07 Å². The predicted octanol–water partition coefficient (Wildman–Crippen LogP) is 3.23. The normalized spacial score (nSPS) is 10.4. The number of aromatic carboxylic acids is 1. The van der Waals surface area contributed by atoms with Crippen molar-refractivity contribution < 1.29 is 23.5 Å². The highest BCUT2D eigenvalue weighted by atomic mass is 32.2. The van der Waals surface area contributed by atoms with E-state index in [0.717, 1.165) is 6.07 Å². The van der Waals surface area contributed by atoms with Gasteiger partial charge in [0.25, 0.3) is 5.91 Å². The average Bonchev–Trinajstić information content (AvgIpc) is 2.90. The van der Waals surface area contributed by atoms with Gasteiger partial charge in [-0.2, -0.15) is 11.8 Å². The first-order valence-corrected chi connectivity index (χ1v) is 7.33. The number of hydrogen-bond donors (Lipinski definition) is 2. The smallest absolute Gasteiger partial charge is 0.337 e. The van der Waals surface area contributed by atoms with Gasteiger partial charge in [-0.05, 0) is 30.5 Å². The van der Waals surface area contributed by atoms with Gasteiger partial charge in [-0.25, -0.2) is 9.18 Å². The van der Waals surface area contributed by atoms with Crippen molar-refractivity contribution in [2.45, 2.75) is 5.75 Å². The largest absolute Gasteiger partial charge is 0.478 e. The van der Waals surface area contributed by atoms with E-state index in [2.05, 4.69) is 5.32 Å². The third-order valence-corrected chi connectivity index (χ3v) is 3.23. The fraction of sp³-hybridized carbons (Fsp3) is 0.143. The summed E-state index contributed by atoms with van der Waals surface area (Å²) in [6.07, 6.45) is 1.89. The highest BCUT2D eigenvalue weighted by molar-refractivity contribution is 7.97. The zero-order valence-electron chi connectivity index (χ0n) is 11.1. The Morgan fingerprint density at radius 2 is 2.10 bits per heavy atom. The number of benzene rings is 1. The van der Waals surface area contributed by atoms with Crippen LogP contribution in [-0.4, -0.2) is 23.2 Å². The number of thioether (sulfide) groups is 1. The molecule has 0 aliphatic carbocycles. The number of anilines is 1. The average molecular weight is 309 g/mol. The van der Waals surface area contributed by atoms with E-state index in [9.17, 15) is 14.0 Å². The first-order chi connectivity index (χ1) is 10.0. The van der Waals surface area contributed by atoms with E-state index >= 15 is 0 Å². The van der Waals surface area contributed by atoms with E-state index in [1.165, 1.54) is 30.0 Å². The van der Waals surface area contributed by atoms with Gasteiger partial charge >= 0.3 is 5.97 Å². The van der Waals surface area contributed by atoms with Crippen LogP contribution in [0.25, 0.3) is 0 Å². The molecule has 2 N–H and O–H groups in total. The van der Waals surface area contributed by atoms with Crippen LogP contribution in [0, 0.1) is 5.82 Å². The van der Waals surface area contributed by atoms with E-state index in [0.29, 0.717) is 11.5 Å². The highest BCUT2D eigenvalue weighted by Crippen LogP contribution is 2.21. The molecule has 2 rings (SSSR count). The zero-order valence-corrected chi connectivity index (χ0v) is 11.9. The number of carboxylic acid groups (broad SMARTS) is 1. The van der Waals surface area contributed by atoms with Crippen molar-refractivity contribution in [3.05, 3.63) is 53.2 Å². The molecular formula is C14H12FNO4S. The van der Waals surface area contributed by atoms with Crippen molar-refractivity contribution >= 4 is 29.3 Å². The van der Waals surface area contributed by atoms with Gasteiger partial charge in [0.1, 0.15) is 11.6 Å². The summed E-state index contributed by atoms with van der Waals surface area (Å²) in [5, 5.41) is 11.2. The number of carboxylic acids is 1. The lowest BCUT2D eigenvalue weighted by molar-refractivity contribution is 0.0697. The molecule has 2 aromatic rings. The molecule has 7 heteroatoms. The molecule has 0 saturated carbocycles. The molecule has 1 amide bonds. The molecule has 5 nitrogen and oxygen atoms in total. The van der Waals surface area contributed by atoms with Crippen LogP contribution in [0.4, 0.5) is 10.1 Å². The van der Waals surface area contributed by atoms with Crippen LogP contribution in [0.15, 0.2) is 34.7 Å². The van der Waals surface area contributed by atoms with Crippen molar-refractivity contribution in [3.63, 3.8) is 0 Å². The van der Waals surface area contributed by atoms with Gasteiger partial charge in [0.2, 0.25) is 0 Å². The van der Waals surface area contributed by atoms with E-state index in [-0.39, 0.29) is 17.0 Å². The van der Waals surface area contributed by atoms with Crippen LogP contribution in [0.2, 0.25) is 0 Å². The lowest BCUT2D eigenvalue weighted by Gasteiger charge is -2.08. The van der Waals surface area contributed by atoms with Crippen molar-refractivity contribution in [1.82, 2.24) is 0 Å². The molecule has 0 radical (unpaired) electrons. The Morgan fingerprint density at radius 1 is 1.33 bits per heavy atom. The first kappa shape index (κ1) is 15.1. The SMILES string of the molecule is CSCc1ccc(C(=O)Nc2c(F)cccc2C(=O)O)o1. The van der Waals surface area contributed by atoms with Gasteiger partial charge in [-0.3, -0.25) is 4.79 Å². The van der Waals surface area contributed by atoms with Gasteiger partial charge in [0, 0.05) is 0 Å². The van der Waals surface area contributed by atoms with E-state index in [1.54, 1.807) is 6.07 Å². The molecule has 0 bridgehead atoms. The molecule has 110 valence electrons. The Kier molecular flexibility index (Phi) is 4.64. The lowest BCUT2D eigenvalue weighted by atomic mass is 10.1. The van der Waals surface area contributed by atoms with Crippen LogP contribution in [0.3, 0.4) is 0 Å². The summed E-state index contributed by atoms with van der Waals surface area (Å²) in [6.45, 7) is 0. The third kappa shape index (κ3) is 3.43. The zero-order chi connectivity index (χ0) is 15.4. The maximum Gasteiger partial charge on any atom is 0.337 e. The summed E-state index contributed by atoms with van der Waals surface area (Å²) in [7, 11) is 0. The molecule has 21 heavy (non-hydrogen) atoms. The van der Waals surface area contributed by atoms with Gasteiger partial charge in [-0.15, -0.1) is 0 Å². The molecule has 1 heterocycles. The summed E-state index contributed by atoms with van der Waals surface area (Å²) < 4.78 is 19.0. The Labute approximate surface area is 124 Å². The van der Waals surface area contributed by atoms with Crippen molar-refractivity contribution in [3.8, 4) is 0 Å². The van der Waals surface area contributed by atoms with Crippen LogP contribution >= 0.6 is 11.8 Å². The number of carbonyl (C=O) groups excluding carboxylic acids is 1. The van der Waals surface area contributed by atoms with Crippen molar-refractivity contribution in [2.75, 3.05) is 11.6 Å². The summed E-state index contributed by atoms with van der Waals surface area (Å²) in [6, 6.07) is 6.65. The number of carbonyl (C=O) groups is 2. The molecule has 0 aliphatic heterocycles. The fourth-order valence-electron chi connectivity index (χ4n) is 1.72. The fourth-order valence-corrected chi connectivity index (χ4v) is 2.16. The quantitative estimate of drug-likeness (QED) is 0.886. The van der Waals surface area contributed by atoms with E-state index in [4.69, 9.17) is 9.52 Å². The molecule has 1 aromatic heterocycles. The van der Waals surface area contributed by atoms with Gasteiger partial charge in [0.15, 0.2) is 5.76 Å².